The molecule has 1 aliphatic rings. The zero-order chi connectivity index (χ0) is 64.6. The number of aliphatic hydroxyl groups is 2. The highest BCUT2D eigenvalue weighted by atomic mass is 16.3. The van der Waals surface area contributed by atoms with Gasteiger partial charge >= 0.3 is 0 Å². The van der Waals surface area contributed by atoms with Gasteiger partial charge in [0.15, 0.2) is 0 Å². The van der Waals surface area contributed by atoms with Crippen LogP contribution in [0, 0.1) is 11.8 Å². The zero-order valence-corrected chi connectivity index (χ0v) is 50.7. The fraction of sp³-hybridized carbons (Fsp3) is 0.696. The van der Waals surface area contributed by atoms with Crippen molar-refractivity contribution in [1.82, 2.24) is 58.5 Å². The van der Waals surface area contributed by atoms with Gasteiger partial charge in [-0.25, -0.2) is 0 Å². The Bertz CT molecular complexity index is 2370. The number of hydrogen-bond acceptors (Lipinski definition) is 19. The second-order valence-corrected chi connectivity index (χ2v) is 22.3. The summed E-state index contributed by atoms with van der Waals surface area (Å²) in [7, 11) is 0. The van der Waals surface area contributed by atoms with Crippen molar-refractivity contribution >= 4 is 70.7 Å². The molecule has 0 bridgehead atoms. The Kier molecular flexibility index (Phi) is 34.5. The summed E-state index contributed by atoms with van der Waals surface area (Å²) in [4.78, 5) is 154. The van der Waals surface area contributed by atoms with Gasteiger partial charge in [0.1, 0.15) is 60.4 Å². The van der Waals surface area contributed by atoms with Crippen molar-refractivity contribution in [3.63, 3.8) is 0 Å². The first-order valence-electron chi connectivity index (χ1n) is 29.7. The lowest BCUT2D eigenvalue weighted by Crippen LogP contribution is -2.62. The van der Waals surface area contributed by atoms with Crippen LogP contribution in [-0.2, 0) is 59.2 Å². The minimum atomic E-state index is -1.71. The number of unbranched alkanes of at least 4 members (excludes halogenated alkanes) is 1. The summed E-state index contributed by atoms with van der Waals surface area (Å²) in [5.74, 6) is -9.60. The second-order valence-electron chi connectivity index (χ2n) is 22.3. The number of benzene rings is 1. The van der Waals surface area contributed by atoms with Crippen molar-refractivity contribution in [3.05, 3.63) is 29.8 Å². The Morgan fingerprint density at radius 3 is 1.56 bits per heavy atom. The maximum absolute atomic E-state index is 14.6. The van der Waals surface area contributed by atoms with Crippen LogP contribution in [0.25, 0.3) is 0 Å². The molecule has 1 aliphatic heterocycles. The van der Waals surface area contributed by atoms with Gasteiger partial charge in [0, 0.05) is 25.1 Å². The molecule has 1 saturated heterocycles. The highest BCUT2D eigenvalue weighted by molar-refractivity contribution is 5.99. The van der Waals surface area contributed by atoms with E-state index in [0.717, 1.165) is 19.3 Å². The van der Waals surface area contributed by atoms with E-state index in [1.807, 2.05) is 0 Å². The lowest BCUT2D eigenvalue weighted by atomic mass is 10.00. The molecule has 25 N–H and O–H groups in total. The predicted molar refractivity (Wildman–Crippen MR) is 321 cm³/mol. The van der Waals surface area contributed by atoms with E-state index in [2.05, 4.69) is 72.3 Å². The first-order chi connectivity index (χ1) is 40.7. The van der Waals surface area contributed by atoms with Crippen LogP contribution in [-0.4, -0.2) is 187 Å². The Hall–Kier alpha value is -7.09. The van der Waals surface area contributed by atoms with E-state index < -0.39 is 151 Å². The smallest absolute Gasteiger partial charge is 0.245 e. The number of anilines is 1. The topological polar surface area (TPSA) is 517 Å². The number of aliphatic hydroxyl groups excluding tert-OH is 2. The lowest BCUT2D eigenvalue weighted by Gasteiger charge is -2.29. The van der Waals surface area contributed by atoms with Crippen molar-refractivity contribution in [2.45, 2.75) is 198 Å². The Balaban J connectivity index is 2.69. The maximum atomic E-state index is 14.6. The maximum Gasteiger partial charge on any atom is 0.245 e. The number of hydrogen-bond donors (Lipinski definition) is 19. The third-order valence-electron chi connectivity index (χ3n) is 14.4. The third-order valence-corrected chi connectivity index (χ3v) is 14.4. The molecule has 0 saturated carbocycles. The molecule has 30 heteroatoms. The quantitative estimate of drug-likeness (QED) is 0.0263. The highest BCUT2D eigenvalue weighted by Crippen LogP contribution is 2.14. The standard InChI is InChI=1S/C56H99N17O13/c1-7-31(4)10-8-9-11-44(76)64-36(16-22-57)51(81)73-46(33(6)75)56(86)69-39(19-25-60)48(78)68-41-21-27-63-55(85)45(32(5)74)72-52(82)40(20-26-61)66-47(77)37(17-23-58)67-53(83)42(28-30(2)3)70-54(84)43(29-34-12-14-35(62)15-13-34)71-49(79)38(18-24-59)65-50(41)80/h12-15,30-33,36-43,45-46,74-75H,7-11,16-29,57-62H2,1-6H3,(H,63,85)(H,64,76)(H,65,80)(H,66,77)(H,67,83)(H,68,78)(H,69,86)(H,70,84)(H,71,79)(H,72,82)(H,73,81)/t31-,32+,33+,36-,37-,38-,39-,40-,41-,42-,43+,45-,46-/m0/s1. The fourth-order valence-corrected chi connectivity index (χ4v) is 9.16. The van der Waals surface area contributed by atoms with Crippen LogP contribution in [0.2, 0.25) is 0 Å². The molecule has 2 rings (SSSR count). The minimum absolute atomic E-state index is 0.0213. The Morgan fingerprint density at radius 2 is 1.06 bits per heavy atom. The highest BCUT2D eigenvalue weighted by Gasteiger charge is 2.37. The van der Waals surface area contributed by atoms with E-state index in [4.69, 9.17) is 34.4 Å². The molecule has 0 aliphatic carbocycles. The largest absolute Gasteiger partial charge is 0.399 e. The van der Waals surface area contributed by atoms with E-state index in [0.29, 0.717) is 23.6 Å². The predicted octanol–water partition coefficient (Wildman–Crippen LogP) is -5.66. The monoisotopic (exact) mass is 1220 g/mol. The average Bonchev–Trinajstić information content (AvgIpc) is 3.59. The molecule has 1 aromatic carbocycles. The summed E-state index contributed by atoms with van der Waals surface area (Å²) in [6.07, 6.45) is -1.21. The summed E-state index contributed by atoms with van der Waals surface area (Å²) in [5, 5.41) is 49.6. The second kappa shape index (κ2) is 39.6. The van der Waals surface area contributed by atoms with Crippen molar-refractivity contribution < 1.29 is 63.0 Å². The van der Waals surface area contributed by atoms with Gasteiger partial charge in [0.25, 0.3) is 0 Å². The third kappa shape index (κ3) is 26.7. The van der Waals surface area contributed by atoms with E-state index in [9.17, 15) is 63.0 Å². The molecule has 30 nitrogen and oxygen atoms in total. The van der Waals surface area contributed by atoms with Gasteiger partial charge in [0.05, 0.1) is 12.2 Å². The molecular formula is C56H99N17O13. The lowest BCUT2D eigenvalue weighted by molar-refractivity contribution is -0.137. The number of nitrogens with one attached hydrogen (secondary N) is 11. The van der Waals surface area contributed by atoms with Gasteiger partial charge in [-0.15, -0.1) is 0 Å². The van der Waals surface area contributed by atoms with Crippen molar-refractivity contribution in [3.8, 4) is 0 Å². The van der Waals surface area contributed by atoms with Crippen molar-refractivity contribution in [1.29, 1.82) is 0 Å². The summed E-state index contributed by atoms with van der Waals surface area (Å²) < 4.78 is 0. The molecule has 1 fully saturated rings. The van der Waals surface area contributed by atoms with Crippen molar-refractivity contribution in [2.75, 3.05) is 45.0 Å². The van der Waals surface area contributed by atoms with Crippen LogP contribution in [0.15, 0.2) is 24.3 Å². The molecule has 1 aromatic rings. The first kappa shape index (κ1) is 75.0. The van der Waals surface area contributed by atoms with Crippen LogP contribution < -0.4 is 92.9 Å². The molecule has 1 heterocycles. The van der Waals surface area contributed by atoms with Crippen LogP contribution in [0.1, 0.15) is 124 Å². The number of carbonyl (C=O) groups is 11. The van der Waals surface area contributed by atoms with Crippen molar-refractivity contribution in [2.24, 2.45) is 40.5 Å². The molecule has 0 unspecified atom stereocenters. The summed E-state index contributed by atoms with van der Waals surface area (Å²) in [5.41, 5.74) is 36.2. The fourth-order valence-electron chi connectivity index (χ4n) is 9.16. The summed E-state index contributed by atoms with van der Waals surface area (Å²) in [6, 6.07) is -8.58. The molecule has 0 spiro atoms. The summed E-state index contributed by atoms with van der Waals surface area (Å²) >= 11 is 0. The van der Waals surface area contributed by atoms with Gasteiger partial charge < -0.3 is 103 Å². The number of carbonyl (C=O) groups excluding carboxylic acids is 11. The number of nitrogen functional groups attached to an aromatic ring is 1. The zero-order valence-electron chi connectivity index (χ0n) is 50.7. The van der Waals surface area contributed by atoms with E-state index >= 15 is 0 Å². The Morgan fingerprint density at radius 1 is 0.570 bits per heavy atom. The summed E-state index contributed by atoms with van der Waals surface area (Å²) in [6.45, 7) is 8.92. The van der Waals surface area contributed by atoms with Gasteiger partial charge in [-0.1, -0.05) is 59.1 Å². The molecule has 486 valence electrons. The number of amides is 11. The molecule has 0 aromatic heterocycles. The normalized spacial score (nSPS) is 22.8. The molecular weight excluding hydrogens is 1120 g/mol. The van der Waals surface area contributed by atoms with Gasteiger partial charge in [-0.2, -0.15) is 0 Å². The van der Waals surface area contributed by atoms with E-state index in [1.165, 1.54) is 13.8 Å². The molecule has 86 heavy (non-hydrogen) atoms. The van der Waals surface area contributed by atoms with Crippen LogP contribution in [0.3, 0.4) is 0 Å². The molecule has 0 radical (unpaired) electrons. The van der Waals surface area contributed by atoms with Gasteiger partial charge in [-0.05, 0) is 127 Å². The first-order valence-corrected chi connectivity index (χ1v) is 29.7. The van der Waals surface area contributed by atoms with Crippen LogP contribution >= 0.6 is 0 Å². The number of nitrogens with two attached hydrogens (primary N) is 6. The van der Waals surface area contributed by atoms with Crippen LogP contribution in [0.5, 0.6) is 0 Å². The number of rotatable bonds is 29. The SMILES string of the molecule is CC[C@H](C)CCCCC(=O)N[C@@H](CCN)C(=O)N[C@H](C(=O)N[C@@H](CCN)C(=O)N[C@H]1CCNC(=O)[C@H]([C@@H](C)O)NC(=O)[C@H](CCN)NC(=O)[C@H](CCN)NC(=O)[C@H](CC(C)C)NC(=O)[C@@H](Cc2ccc(N)cc2)NC(=O)[C@H](CCN)NC1=O)[C@@H](C)O. The molecule has 13 atom stereocenters. The van der Waals surface area contributed by atoms with E-state index in [-0.39, 0.29) is 90.0 Å². The molecule has 11 amide bonds. The minimum Gasteiger partial charge on any atom is -0.399 e. The average molecular weight is 1220 g/mol. The van der Waals surface area contributed by atoms with Gasteiger partial charge in [0.2, 0.25) is 65.0 Å². The van der Waals surface area contributed by atoms with Gasteiger partial charge in [-0.3, -0.25) is 52.7 Å². The van der Waals surface area contributed by atoms with Crippen LogP contribution in [0.4, 0.5) is 5.69 Å². The van der Waals surface area contributed by atoms with E-state index in [1.54, 1.807) is 38.1 Å². The Labute approximate surface area is 503 Å².